The first-order valence-corrected chi connectivity index (χ1v) is 10.3. The van der Waals surface area contributed by atoms with Crippen LogP contribution in [0.2, 0.25) is 0 Å². The molecule has 3 heterocycles. The topological polar surface area (TPSA) is 86.0 Å². The largest absolute Gasteiger partial charge is 0.457 e. The van der Waals surface area contributed by atoms with E-state index in [9.17, 15) is 4.79 Å². The molecule has 0 saturated heterocycles. The van der Waals surface area contributed by atoms with Crippen LogP contribution in [0.3, 0.4) is 0 Å². The van der Waals surface area contributed by atoms with Gasteiger partial charge in [-0.2, -0.15) is 5.10 Å². The van der Waals surface area contributed by atoms with Crippen molar-refractivity contribution in [1.82, 2.24) is 24.6 Å². The predicted octanol–water partition coefficient (Wildman–Crippen LogP) is 4.24. The molecule has 1 amide bonds. The molecule has 8 heteroatoms. The van der Waals surface area contributed by atoms with Crippen LogP contribution in [-0.4, -0.2) is 32.4 Å². The van der Waals surface area contributed by atoms with Gasteiger partial charge in [0.1, 0.15) is 11.5 Å². The van der Waals surface area contributed by atoms with Crippen molar-refractivity contribution in [3.8, 4) is 11.5 Å². The Morgan fingerprint density at radius 1 is 1.16 bits per heavy atom. The molecular weight excluding hydrogens is 392 g/mol. The standard InChI is InChI=1S/C23H24N6O2/c1-24-14-17-12-19(7-9-25-17)31-18-5-6-20-16(11-18)8-10-29(20)23(30)26-22-13-21(15-3-4-15)28(2)27-22/h5-13,15,24H,3-4,14H2,1-2H3,(H,26,27,30). The number of nitrogens with zero attached hydrogens (tertiary/aromatic N) is 4. The Morgan fingerprint density at radius 2 is 2.00 bits per heavy atom. The number of ether oxygens (including phenoxy) is 1. The molecule has 0 bridgehead atoms. The second-order valence-electron chi connectivity index (χ2n) is 7.80. The summed E-state index contributed by atoms with van der Waals surface area (Å²) in [5.41, 5.74) is 2.88. The van der Waals surface area contributed by atoms with Gasteiger partial charge in [-0.15, -0.1) is 0 Å². The summed E-state index contributed by atoms with van der Waals surface area (Å²) in [5.74, 6) is 2.57. The quantitative estimate of drug-likeness (QED) is 0.491. The number of aromatic nitrogens is 4. The number of amides is 1. The van der Waals surface area contributed by atoms with Gasteiger partial charge in [-0.25, -0.2) is 4.79 Å². The highest BCUT2D eigenvalue weighted by Crippen LogP contribution is 2.40. The first-order chi connectivity index (χ1) is 15.1. The fourth-order valence-electron chi connectivity index (χ4n) is 3.77. The number of hydrogen-bond acceptors (Lipinski definition) is 5. The molecular formula is C23H24N6O2. The summed E-state index contributed by atoms with van der Waals surface area (Å²) in [5, 5.41) is 11.3. The molecule has 4 aromatic rings. The van der Waals surface area contributed by atoms with Gasteiger partial charge in [-0.1, -0.05) is 0 Å². The van der Waals surface area contributed by atoms with Crippen molar-refractivity contribution in [3.05, 3.63) is 66.2 Å². The van der Waals surface area contributed by atoms with E-state index in [0.29, 0.717) is 24.0 Å². The third-order valence-corrected chi connectivity index (χ3v) is 5.41. The number of pyridine rings is 1. The molecule has 1 aliphatic carbocycles. The highest BCUT2D eigenvalue weighted by Gasteiger charge is 2.27. The average molecular weight is 416 g/mol. The maximum Gasteiger partial charge on any atom is 0.331 e. The molecule has 0 spiro atoms. The average Bonchev–Trinajstić information content (AvgIpc) is 3.40. The molecule has 1 aliphatic rings. The van der Waals surface area contributed by atoms with E-state index in [1.807, 2.05) is 61.2 Å². The van der Waals surface area contributed by atoms with Crippen molar-refractivity contribution in [2.24, 2.45) is 7.05 Å². The number of hydrogen-bond donors (Lipinski definition) is 2. The van der Waals surface area contributed by atoms with Crippen LogP contribution < -0.4 is 15.4 Å². The van der Waals surface area contributed by atoms with Crippen LogP contribution in [0.15, 0.2) is 54.9 Å². The van der Waals surface area contributed by atoms with Gasteiger partial charge in [-0.3, -0.25) is 19.5 Å². The Labute approximate surface area is 179 Å². The molecule has 5 rings (SSSR count). The van der Waals surface area contributed by atoms with Gasteiger partial charge in [0.25, 0.3) is 0 Å². The number of carbonyl (C=O) groups excluding carboxylic acids is 1. The van der Waals surface area contributed by atoms with Crippen LogP contribution in [-0.2, 0) is 13.6 Å². The monoisotopic (exact) mass is 416 g/mol. The third kappa shape index (κ3) is 4.02. The van der Waals surface area contributed by atoms with Gasteiger partial charge in [0, 0.05) is 55.1 Å². The van der Waals surface area contributed by atoms with Crippen molar-refractivity contribution >= 4 is 22.8 Å². The van der Waals surface area contributed by atoms with Crippen LogP contribution >= 0.6 is 0 Å². The second kappa shape index (κ2) is 7.88. The van der Waals surface area contributed by atoms with E-state index in [-0.39, 0.29) is 6.03 Å². The van der Waals surface area contributed by atoms with E-state index < -0.39 is 0 Å². The Bertz CT molecular complexity index is 1250. The molecule has 0 radical (unpaired) electrons. The molecule has 0 aliphatic heterocycles. The maximum absolute atomic E-state index is 12.8. The van der Waals surface area contributed by atoms with Gasteiger partial charge in [0.2, 0.25) is 0 Å². The van der Waals surface area contributed by atoms with Crippen molar-refractivity contribution in [2.45, 2.75) is 25.3 Å². The normalized spacial score (nSPS) is 13.5. The van der Waals surface area contributed by atoms with E-state index in [0.717, 1.165) is 22.3 Å². The molecule has 0 unspecified atom stereocenters. The Balaban J connectivity index is 1.33. The second-order valence-corrected chi connectivity index (χ2v) is 7.80. The lowest BCUT2D eigenvalue weighted by Gasteiger charge is -2.08. The number of carbonyl (C=O) groups is 1. The highest BCUT2D eigenvalue weighted by molar-refractivity contribution is 5.98. The van der Waals surface area contributed by atoms with Gasteiger partial charge in [0.05, 0.1) is 11.2 Å². The minimum absolute atomic E-state index is 0.241. The van der Waals surface area contributed by atoms with E-state index >= 15 is 0 Å². The smallest absolute Gasteiger partial charge is 0.331 e. The minimum atomic E-state index is -0.241. The molecule has 31 heavy (non-hydrogen) atoms. The number of aryl methyl sites for hydroxylation is 1. The molecule has 0 atom stereocenters. The van der Waals surface area contributed by atoms with Crippen LogP contribution in [0.1, 0.15) is 30.1 Å². The summed E-state index contributed by atoms with van der Waals surface area (Å²) in [4.78, 5) is 17.1. The highest BCUT2D eigenvalue weighted by atomic mass is 16.5. The van der Waals surface area contributed by atoms with Gasteiger partial charge in [0.15, 0.2) is 5.82 Å². The molecule has 3 aromatic heterocycles. The zero-order chi connectivity index (χ0) is 21.4. The first-order valence-electron chi connectivity index (χ1n) is 10.3. The number of rotatable bonds is 6. The van der Waals surface area contributed by atoms with E-state index in [2.05, 4.69) is 20.7 Å². The minimum Gasteiger partial charge on any atom is -0.457 e. The van der Waals surface area contributed by atoms with E-state index in [4.69, 9.17) is 4.74 Å². The van der Waals surface area contributed by atoms with E-state index in [1.165, 1.54) is 18.5 Å². The SMILES string of the molecule is CNCc1cc(Oc2ccc3c(ccn3C(=O)Nc3cc(C4CC4)n(C)n3)c2)ccn1. The van der Waals surface area contributed by atoms with Gasteiger partial charge < -0.3 is 10.1 Å². The van der Waals surface area contributed by atoms with Crippen LogP contribution in [0.25, 0.3) is 10.9 Å². The maximum atomic E-state index is 12.8. The summed E-state index contributed by atoms with van der Waals surface area (Å²) in [6.07, 6.45) is 5.87. The predicted molar refractivity (Wildman–Crippen MR) is 119 cm³/mol. The van der Waals surface area contributed by atoms with Crippen LogP contribution in [0.5, 0.6) is 11.5 Å². The third-order valence-electron chi connectivity index (χ3n) is 5.41. The van der Waals surface area contributed by atoms with Crippen LogP contribution in [0.4, 0.5) is 10.6 Å². The van der Waals surface area contributed by atoms with Crippen molar-refractivity contribution in [3.63, 3.8) is 0 Å². The zero-order valence-corrected chi connectivity index (χ0v) is 17.5. The first kappa shape index (κ1) is 19.3. The Morgan fingerprint density at radius 3 is 2.81 bits per heavy atom. The number of benzene rings is 1. The molecule has 1 aromatic carbocycles. The number of nitrogens with one attached hydrogen (secondary N) is 2. The Kier molecular flexibility index (Phi) is 4.91. The lowest BCUT2D eigenvalue weighted by molar-refractivity contribution is 0.254. The summed E-state index contributed by atoms with van der Waals surface area (Å²) >= 11 is 0. The summed E-state index contributed by atoms with van der Waals surface area (Å²) in [6.45, 7) is 0.673. The molecule has 1 saturated carbocycles. The molecule has 158 valence electrons. The van der Waals surface area contributed by atoms with Crippen molar-refractivity contribution < 1.29 is 9.53 Å². The lowest BCUT2D eigenvalue weighted by atomic mass is 10.2. The fraction of sp³-hybridized carbons (Fsp3) is 0.261. The van der Waals surface area contributed by atoms with Gasteiger partial charge in [-0.05, 0) is 50.2 Å². The summed E-state index contributed by atoms with van der Waals surface area (Å²) in [6, 6.07) is 13.0. The lowest BCUT2D eigenvalue weighted by Crippen LogP contribution is -2.18. The van der Waals surface area contributed by atoms with Crippen molar-refractivity contribution in [2.75, 3.05) is 12.4 Å². The van der Waals surface area contributed by atoms with E-state index in [1.54, 1.807) is 17.0 Å². The Hall–Kier alpha value is -3.65. The van der Waals surface area contributed by atoms with Crippen molar-refractivity contribution in [1.29, 1.82) is 0 Å². The number of anilines is 1. The summed E-state index contributed by atoms with van der Waals surface area (Å²) < 4.78 is 9.43. The molecule has 2 N–H and O–H groups in total. The fourth-order valence-corrected chi connectivity index (χ4v) is 3.77. The zero-order valence-electron chi connectivity index (χ0n) is 17.5. The summed E-state index contributed by atoms with van der Waals surface area (Å²) in [7, 11) is 3.80. The van der Waals surface area contributed by atoms with Crippen LogP contribution in [0, 0.1) is 0 Å². The van der Waals surface area contributed by atoms with Gasteiger partial charge >= 0.3 is 6.03 Å². The molecule has 1 fully saturated rings. The number of fused-ring (bicyclic) bond motifs is 1. The molecule has 8 nitrogen and oxygen atoms in total.